The van der Waals surface area contributed by atoms with Crippen LogP contribution in [0.1, 0.15) is 13.3 Å². The Hall–Kier alpha value is -1.93. The Bertz CT molecular complexity index is 670. The molecule has 1 aromatic carbocycles. The van der Waals surface area contributed by atoms with E-state index in [1.807, 2.05) is 0 Å². The van der Waals surface area contributed by atoms with Crippen molar-refractivity contribution in [2.75, 3.05) is 24.8 Å². The molecule has 136 valence electrons. The van der Waals surface area contributed by atoms with Crippen molar-refractivity contribution in [2.24, 2.45) is 0 Å². The van der Waals surface area contributed by atoms with Crippen LogP contribution in [-0.4, -0.2) is 48.5 Å². The number of anilines is 1. The fraction of sp³-hybridized carbons (Fsp3) is 0.438. The summed E-state index contributed by atoms with van der Waals surface area (Å²) in [6.45, 7) is 1.95. The van der Waals surface area contributed by atoms with E-state index in [1.165, 1.54) is 18.9 Å². The maximum atomic E-state index is 12.2. The van der Waals surface area contributed by atoms with E-state index in [0.717, 1.165) is 0 Å². The van der Waals surface area contributed by atoms with Crippen molar-refractivity contribution in [2.45, 2.75) is 24.6 Å². The molecule has 0 aliphatic carbocycles. The predicted molar refractivity (Wildman–Crippen MR) is 96.1 cm³/mol. The SMILES string of the molecule is CCOC(=O)[C@H]1CS[C@@H](CC(=O)Nc2cc(Cl)ccc2OC)C(=O)N1. The molecule has 1 fully saturated rings. The van der Waals surface area contributed by atoms with Gasteiger partial charge >= 0.3 is 5.97 Å². The Morgan fingerprint density at radius 1 is 1.44 bits per heavy atom. The zero-order valence-corrected chi connectivity index (χ0v) is 15.4. The summed E-state index contributed by atoms with van der Waals surface area (Å²) in [7, 11) is 1.48. The topological polar surface area (TPSA) is 93.7 Å². The number of rotatable bonds is 6. The lowest BCUT2D eigenvalue weighted by Gasteiger charge is -2.27. The van der Waals surface area contributed by atoms with E-state index in [9.17, 15) is 14.4 Å². The molecule has 0 unspecified atom stereocenters. The number of ether oxygens (including phenoxy) is 2. The van der Waals surface area contributed by atoms with Crippen molar-refractivity contribution < 1.29 is 23.9 Å². The molecule has 2 rings (SSSR count). The summed E-state index contributed by atoms with van der Waals surface area (Å²) in [6, 6.07) is 4.19. The minimum atomic E-state index is -0.676. The lowest BCUT2D eigenvalue weighted by Crippen LogP contribution is -2.51. The number of benzene rings is 1. The highest BCUT2D eigenvalue weighted by atomic mass is 35.5. The summed E-state index contributed by atoms with van der Waals surface area (Å²) >= 11 is 7.18. The van der Waals surface area contributed by atoms with E-state index in [2.05, 4.69) is 10.6 Å². The van der Waals surface area contributed by atoms with Gasteiger partial charge in [-0.25, -0.2) is 4.79 Å². The lowest BCUT2D eigenvalue weighted by atomic mass is 10.2. The minimum absolute atomic E-state index is 0.0261. The number of hydrogen-bond donors (Lipinski definition) is 2. The average molecular weight is 387 g/mol. The quantitative estimate of drug-likeness (QED) is 0.724. The number of esters is 1. The van der Waals surface area contributed by atoms with Gasteiger partial charge in [-0.05, 0) is 25.1 Å². The molecule has 0 saturated carbocycles. The molecule has 7 nitrogen and oxygen atoms in total. The van der Waals surface area contributed by atoms with Crippen LogP contribution < -0.4 is 15.4 Å². The van der Waals surface area contributed by atoms with E-state index >= 15 is 0 Å². The van der Waals surface area contributed by atoms with Gasteiger partial charge in [0.15, 0.2) is 0 Å². The zero-order valence-electron chi connectivity index (χ0n) is 13.8. The maximum Gasteiger partial charge on any atom is 0.329 e. The first-order valence-electron chi connectivity index (χ1n) is 7.66. The third-order valence-corrected chi connectivity index (χ3v) is 4.99. The van der Waals surface area contributed by atoms with Gasteiger partial charge in [0.25, 0.3) is 0 Å². The van der Waals surface area contributed by atoms with E-state index in [-0.39, 0.29) is 24.8 Å². The molecule has 2 amide bonds. The van der Waals surface area contributed by atoms with Crippen molar-refractivity contribution >= 4 is 46.8 Å². The van der Waals surface area contributed by atoms with Gasteiger partial charge in [0.2, 0.25) is 11.8 Å². The molecule has 0 bridgehead atoms. The molecule has 0 radical (unpaired) electrons. The van der Waals surface area contributed by atoms with Gasteiger partial charge in [-0.1, -0.05) is 11.6 Å². The Kier molecular flexibility index (Phi) is 6.95. The molecule has 9 heteroatoms. The Morgan fingerprint density at radius 3 is 2.84 bits per heavy atom. The number of amides is 2. The minimum Gasteiger partial charge on any atom is -0.495 e. The lowest BCUT2D eigenvalue weighted by molar-refractivity contribution is -0.146. The molecule has 1 aliphatic rings. The molecule has 0 spiro atoms. The van der Waals surface area contributed by atoms with Crippen LogP contribution in [-0.2, 0) is 19.1 Å². The van der Waals surface area contributed by atoms with Gasteiger partial charge < -0.3 is 20.1 Å². The summed E-state index contributed by atoms with van der Waals surface area (Å²) in [4.78, 5) is 36.0. The van der Waals surface area contributed by atoms with Gasteiger partial charge in [0.05, 0.1) is 24.7 Å². The van der Waals surface area contributed by atoms with Crippen LogP contribution in [0, 0.1) is 0 Å². The van der Waals surface area contributed by atoms with Crippen LogP contribution in [0.2, 0.25) is 5.02 Å². The highest BCUT2D eigenvalue weighted by Crippen LogP contribution is 2.28. The number of carbonyl (C=O) groups is 3. The highest BCUT2D eigenvalue weighted by molar-refractivity contribution is 8.00. The average Bonchev–Trinajstić information content (AvgIpc) is 2.57. The van der Waals surface area contributed by atoms with Gasteiger partial charge in [0.1, 0.15) is 11.8 Å². The molecule has 0 aromatic heterocycles. The third kappa shape index (κ3) is 5.27. The van der Waals surface area contributed by atoms with Crippen molar-refractivity contribution in [3.05, 3.63) is 23.2 Å². The highest BCUT2D eigenvalue weighted by Gasteiger charge is 2.34. The van der Waals surface area contributed by atoms with E-state index < -0.39 is 17.3 Å². The van der Waals surface area contributed by atoms with E-state index in [1.54, 1.807) is 25.1 Å². The normalized spacial score (nSPS) is 19.7. The van der Waals surface area contributed by atoms with Crippen molar-refractivity contribution in [1.29, 1.82) is 0 Å². The van der Waals surface area contributed by atoms with Gasteiger partial charge in [-0.2, -0.15) is 0 Å². The van der Waals surface area contributed by atoms with Gasteiger partial charge in [-0.15, -0.1) is 11.8 Å². The Labute approximate surface area is 154 Å². The standard InChI is InChI=1S/C16H19ClN2O5S/c1-3-24-16(22)11-8-25-13(15(21)19-11)7-14(20)18-10-6-9(17)4-5-12(10)23-2/h4-6,11,13H,3,7-8H2,1-2H3,(H,18,20)(H,19,21)/t11-,13+/m1/s1. The summed E-state index contributed by atoms with van der Waals surface area (Å²) < 4.78 is 10.1. The number of methoxy groups -OCH3 is 1. The molecule has 1 aromatic rings. The molecule has 1 aliphatic heterocycles. The third-order valence-electron chi connectivity index (χ3n) is 3.45. The fourth-order valence-corrected chi connectivity index (χ4v) is 3.57. The first kappa shape index (κ1) is 19.4. The monoisotopic (exact) mass is 386 g/mol. The van der Waals surface area contributed by atoms with Crippen molar-refractivity contribution in [1.82, 2.24) is 5.32 Å². The first-order chi connectivity index (χ1) is 11.9. The number of halogens is 1. The van der Waals surface area contributed by atoms with Crippen LogP contribution in [0.15, 0.2) is 18.2 Å². The van der Waals surface area contributed by atoms with Crippen molar-refractivity contribution in [3.63, 3.8) is 0 Å². The Morgan fingerprint density at radius 2 is 2.20 bits per heavy atom. The largest absolute Gasteiger partial charge is 0.495 e. The number of nitrogens with one attached hydrogen (secondary N) is 2. The molecule has 1 heterocycles. The van der Waals surface area contributed by atoms with Crippen LogP contribution >= 0.6 is 23.4 Å². The smallest absolute Gasteiger partial charge is 0.329 e. The predicted octanol–water partition coefficient (Wildman–Crippen LogP) is 1.84. The van der Waals surface area contributed by atoms with Crippen molar-refractivity contribution in [3.8, 4) is 5.75 Å². The molecular weight excluding hydrogens is 368 g/mol. The summed E-state index contributed by atoms with van der Waals surface area (Å²) in [5, 5.41) is 5.17. The second-order valence-electron chi connectivity index (χ2n) is 5.23. The molecule has 2 N–H and O–H groups in total. The zero-order chi connectivity index (χ0) is 18.4. The van der Waals surface area contributed by atoms with E-state index in [0.29, 0.717) is 22.2 Å². The maximum absolute atomic E-state index is 12.2. The summed E-state index contributed by atoms with van der Waals surface area (Å²) in [5.41, 5.74) is 0.436. The number of carbonyl (C=O) groups excluding carboxylic acids is 3. The van der Waals surface area contributed by atoms with Crippen LogP contribution in [0.5, 0.6) is 5.75 Å². The summed E-state index contributed by atoms with van der Waals surface area (Å²) in [6.07, 6.45) is -0.0261. The van der Waals surface area contributed by atoms with E-state index in [4.69, 9.17) is 21.1 Å². The second-order valence-corrected chi connectivity index (χ2v) is 6.90. The molecule has 2 atom stereocenters. The number of thioether (sulfide) groups is 1. The number of hydrogen-bond acceptors (Lipinski definition) is 6. The van der Waals surface area contributed by atoms with Gasteiger partial charge in [0, 0.05) is 17.2 Å². The molecule has 25 heavy (non-hydrogen) atoms. The first-order valence-corrected chi connectivity index (χ1v) is 9.09. The van der Waals surface area contributed by atoms with Gasteiger partial charge in [-0.3, -0.25) is 9.59 Å². The fourth-order valence-electron chi connectivity index (χ4n) is 2.26. The van der Waals surface area contributed by atoms with Crippen LogP contribution in [0.3, 0.4) is 0 Å². The second kappa shape index (κ2) is 8.96. The molecular formula is C16H19ClN2O5S. The van der Waals surface area contributed by atoms with Crippen LogP contribution in [0.25, 0.3) is 0 Å². The Balaban J connectivity index is 1.92. The molecule has 1 saturated heterocycles. The summed E-state index contributed by atoms with van der Waals surface area (Å²) in [5.74, 6) is -0.329. The van der Waals surface area contributed by atoms with Crippen LogP contribution in [0.4, 0.5) is 5.69 Å².